The predicted octanol–water partition coefficient (Wildman–Crippen LogP) is 9.46. The van der Waals surface area contributed by atoms with Crippen molar-refractivity contribution in [1.82, 2.24) is 14.1 Å². The van der Waals surface area contributed by atoms with Crippen LogP contribution in [0.3, 0.4) is 0 Å². The van der Waals surface area contributed by atoms with Gasteiger partial charge in [0.1, 0.15) is 0 Å². The van der Waals surface area contributed by atoms with E-state index in [0.29, 0.717) is 0 Å². The lowest BCUT2D eigenvalue weighted by Crippen LogP contribution is -1.99. The topological polar surface area (TPSA) is 22.8 Å². The maximum atomic E-state index is 4.45. The van der Waals surface area contributed by atoms with Crippen LogP contribution in [-0.2, 0) is 0 Å². The predicted molar refractivity (Wildman–Crippen MR) is 166 cm³/mol. The minimum absolute atomic E-state index is 1.11. The monoisotopic (exact) mass is 511 g/mol. The third-order valence-electron chi connectivity index (χ3n) is 7.83. The van der Waals surface area contributed by atoms with Gasteiger partial charge >= 0.3 is 0 Å². The summed E-state index contributed by atoms with van der Waals surface area (Å²) in [5, 5.41) is 3.69. The summed E-state index contributed by atoms with van der Waals surface area (Å²) in [6.45, 7) is 0. The summed E-state index contributed by atoms with van der Waals surface area (Å²) in [6, 6.07) is 49.7. The van der Waals surface area contributed by atoms with Crippen LogP contribution in [0.2, 0.25) is 0 Å². The van der Waals surface area contributed by atoms with Gasteiger partial charge in [0.15, 0.2) is 0 Å². The molecule has 0 unspecified atom stereocenters. The lowest BCUT2D eigenvalue weighted by atomic mass is 9.98. The molecule has 3 heteroatoms. The molecule has 0 spiro atoms. The Morgan fingerprint density at radius 1 is 0.400 bits per heavy atom. The molecule has 3 nitrogen and oxygen atoms in total. The molecule has 3 aromatic heterocycles. The van der Waals surface area contributed by atoms with Gasteiger partial charge in [-0.15, -0.1) is 0 Å². The molecule has 40 heavy (non-hydrogen) atoms. The van der Waals surface area contributed by atoms with E-state index in [1.807, 2.05) is 12.4 Å². The molecule has 0 N–H and O–H groups in total. The lowest BCUT2D eigenvalue weighted by Gasteiger charge is -2.15. The Hall–Kier alpha value is -5.41. The van der Waals surface area contributed by atoms with E-state index in [1.54, 1.807) is 0 Å². The summed E-state index contributed by atoms with van der Waals surface area (Å²) < 4.78 is 4.72. The number of benzene rings is 5. The summed E-state index contributed by atoms with van der Waals surface area (Å²) in [4.78, 5) is 4.45. The van der Waals surface area contributed by atoms with Crippen molar-refractivity contribution in [2.75, 3.05) is 0 Å². The SMILES string of the molecule is c1ccc(-c2c(-c3ccccc3)n(-c3ccc(-n4c5ccccc5c5ccncc54)cc3)c3ccccc23)cc1. The summed E-state index contributed by atoms with van der Waals surface area (Å²) in [7, 11) is 0. The molecule has 0 bridgehead atoms. The van der Waals surface area contributed by atoms with Crippen molar-refractivity contribution in [1.29, 1.82) is 0 Å². The maximum Gasteiger partial charge on any atom is 0.0724 e. The number of pyridine rings is 1. The number of para-hydroxylation sites is 2. The third kappa shape index (κ3) is 3.41. The van der Waals surface area contributed by atoms with Gasteiger partial charge in [0, 0.05) is 39.3 Å². The third-order valence-corrected chi connectivity index (χ3v) is 7.83. The largest absolute Gasteiger partial charge is 0.309 e. The van der Waals surface area contributed by atoms with Gasteiger partial charge in [0.2, 0.25) is 0 Å². The standard InChI is InChI=1S/C37H25N3/c1-3-11-26(12-4-1)36-32-16-8-10-18-34(32)40(37(36)27-13-5-2-6-14-27)29-21-19-28(20-22-29)39-33-17-9-7-15-30(33)31-23-24-38-25-35(31)39/h1-25H. The van der Waals surface area contributed by atoms with E-state index < -0.39 is 0 Å². The van der Waals surface area contributed by atoms with Crippen LogP contribution in [0.1, 0.15) is 0 Å². The van der Waals surface area contributed by atoms with E-state index >= 15 is 0 Å². The highest BCUT2D eigenvalue weighted by atomic mass is 15.0. The first-order chi connectivity index (χ1) is 19.9. The van der Waals surface area contributed by atoms with Crippen LogP contribution >= 0.6 is 0 Å². The quantitative estimate of drug-likeness (QED) is 0.231. The number of fused-ring (bicyclic) bond motifs is 4. The molecule has 0 saturated heterocycles. The van der Waals surface area contributed by atoms with Crippen LogP contribution < -0.4 is 0 Å². The van der Waals surface area contributed by atoms with Gasteiger partial charge in [-0.2, -0.15) is 0 Å². The average molecular weight is 512 g/mol. The van der Waals surface area contributed by atoms with Gasteiger partial charge < -0.3 is 9.13 Å². The minimum Gasteiger partial charge on any atom is -0.309 e. The molecule has 0 aliphatic carbocycles. The van der Waals surface area contributed by atoms with E-state index in [1.165, 1.54) is 49.6 Å². The number of nitrogens with zero attached hydrogens (tertiary/aromatic N) is 3. The zero-order valence-electron chi connectivity index (χ0n) is 21.8. The molecule has 5 aromatic carbocycles. The van der Waals surface area contributed by atoms with Crippen LogP contribution in [0, 0.1) is 0 Å². The second-order valence-electron chi connectivity index (χ2n) is 10.1. The number of hydrogen-bond donors (Lipinski definition) is 0. The zero-order chi connectivity index (χ0) is 26.5. The van der Waals surface area contributed by atoms with E-state index in [2.05, 4.69) is 154 Å². The van der Waals surface area contributed by atoms with Crippen molar-refractivity contribution >= 4 is 32.7 Å². The Morgan fingerprint density at radius 3 is 1.62 bits per heavy atom. The van der Waals surface area contributed by atoms with Crippen molar-refractivity contribution in [2.24, 2.45) is 0 Å². The Bertz CT molecular complexity index is 2080. The molecule has 0 fully saturated rings. The highest BCUT2D eigenvalue weighted by Crippen LogP contribution is 2.42. The number of aromatic nitrogens is 3. The average Bonchev–Trinajstić information content (AvgIpc) is 3.56. The van der Waals surface area contributed by atoms with Crippen molar-refractivity contribution < 1.29 is 0 Å². The molecule has 0 saturated carbocycles. The Morgan fingerprint density at radius 2 is 0.925 bits per heavy atom. The molecule has 0 aliphatic heterocycles. The van der Waals surface area contributed by atoms with Crippen molar-refractivity contribution in [3.63, 3.8) is 0 Å². The molecule has 188 valence electrons. The fourth-order valence-corrected chi connectivity index (χ4v) is 6.12. The Kier molecular flexibility index (Phi) is 5.14. The molecule has 3 heterocycles. The highest BCUT2D eigenvalue weighted by molar-refractivity contribution is 6.09. The van der Waals surface area contributed by atoms with Gasteiger partial charge in [-0.25, -0.2) is 0 Å². The molecule has 0 atom stereocenters. The van der Waals surface area contributed by atoms with Crippen molar-refractivity contribution in [3.05, 3.63) is 152 Å². The smallest absolute Gasteiger partial charge is 0.0724 e. The first kappa shape index (κ1) is 22.6. The molecule has 8 aromatic rings. The number of rotatable bonds is 4. The molecule has 0 aliphatic rings. The summed E-state index contributed by atoms with van der Waals surface area (Å²) in [6.07, 6.45) is 3.83. The normalized spacial score (nSPS) is 11.5. The highest BCUT2D eigenvalue weighted by Gasteiger charge is 2.21. The minimum atomic E-state index is 1.11. The first-order valence-electron chi connectivity index (χ1n) is 13.6. The molecule has 0 amide bonds. The van der Waals surface area contributed by atoms with Crippen LogP contribution in [0.5, 0.6) is 0 Å². The van der Waals surface area contributed by atoms with Gasteiger partial charge in [-0.3, -0.25) is 4.98 Å². The van der Waals surface area contributed by atoms with Gasteiger partial charge in [-0.1, -0.05) is 97.1 Å². The second kappa shape index (κ2) is 9.11. The zero-order valence-corrected chi connectivity index (χ0v) is 21.8. The van der Waals surface area contributed by atoms with E-state index in [-0.39, 0.29) is 0 Å². The fourth-order valence-electron chi connectivity index (χ4n) is 6.12. The summed E-state index contributed by atoms with van der Waals surface area (Å²) >= 11 is 0. The lowest BCUT2D eigenvalue weighted by molar-refractivity contribution is 1.12. The van der Waals surface area contributed by atoms with E-state index in [0.717, 1.165) is 16.9 Å². The van der Waals surface area contributed by atoms with E-state index in [4.69, 9.17) is 0 Å². The Balaban J connectivity index is 1.38. The van der Waals surface area contributed by atoms with Gasteiger partial charge in [0.05, 0.1) is 28.4 Å². The van der Waals surface area contributed by atoms with Crippen molar-refractivity contribution in [3.8, 4) is 33.8 Å². The van der Waals surface area contributed by atoms with Crippen LogP contribution in [0.4, 0.5) is 0 Å². The molecular formula is C37H25N3. The van der Waals surface area contributed by atoms with Crippen molar-refractivity contribution in [2.45, 2.75) is 0 Å². The summed E-state index contributed by atoms with van der Waals surface area (Å²) in [5.74, 6) is 0. The van der Waals surface area contributed by atoms with Gasteiger partial charge in [0.25, 0.3) is 0 Å². The second-order valence-corrected chi connectivity index (χ2v) is 10.1. The Labute approximate surface area is 232 Å². The summed E-state index contributed by atoms with van der Waals surface area (Å²) in [5.41, 5.74) is 10.6. The molecular weight excluding hydrogens is 486 g/mol. The number of hydrogen-bond acceptors (Lipinski definition) is 1. The molecule has 8 rings (SSSR count). The first-order valence-corrected chi connectivity index (χ1v) is 13.6. The van der Waals surface area contributed by atoms with Crippen LogP contribution in [-0.4, -0.2) is 14.1 Å². The fraction of sp³-hybridized carbons (Fsp3) is 0. The molecule has 0 radical (unpaired) electrons. The van der Waals surface area contributed by atoms with E-state index in [9.17, 15) is 0 Å². The van der Waals surface area contributed by atoms with Crippen LogP contribution in [0.15, 0.2) is 152 Å². The van der Waals surface area contributed by atoms with Crippen LogP contribution in [0.25, 0.3) is 66.5 Å². The van der Waals surface area contributed by atoms with Gasteiger partial charge in [-0.05, 0) is 53.6 Å². The maximum absolute atomic E-state index is 4.45.